The van der Waals surface area contributed by atoms with E-state index in [1.807, 2.05) is 45.0 Å². The van der Waals surface area contributed by atoms with Crippen molar-refractivity contribution in [2.24, 2.45) is 22.7 Å². The van der Waals surface area contributed by atoms with E-state index in [4.69, 9.17) is 0 Å². The molecule has 3 aromatic rings. The molecule has 0 heterocycles. The van der Waals surface area contributed by atoms with Crippen LogP contribution in [0.3, 0.4) is 0 Å². The van der Waals surface area contributed by atoms with Gasteiger partial charge in [-0.1, -0.05) is 95.8 Å². The van der Waals surface area contributed by atoms with E-state index in [1.165, 1.54) is 11.6 Å². The van der Waals surface area contributed by atoms with Crippen molar-refractivity contribution < 1.29 is 34.8 Å². The Morgan fingerprint density at radius 3 is 2.12 bits per heavy atom. The zero-order valence-corrected chi connectivity index (χ0v) is 29.0. The van der Waals surface area contributed by atoms with E-state index >= 15 is 0 Å². The molecule has 254 valence electrons. The first-order valence-corrected chi connectivity index (χ1v) is 16.9. The lowest BCUT2D eigenvalue weighted by molar-refractivity contribution is -0.171. The van der Waals surface area contributed by atoms with Gasteiger partial charge in [0.2, 0.25) is 5.78 Å². The zero-order valence-electron chi connectivity index (χ0n) is 29.0. The van der Waals surface area contributed by atoms with Gasteiger partial charge in [0.1, 0.15) is 22.8 Å². The maximum Gasteiger partial charge on any atom is 0.209 e. The number of benzene rings is 3. The fourth-order valence-electron chi connectivity index (χ4n) is 9.13. The number of allylic oxidation sites excluding steroid dienone is 3. The van der Waals surface area contributed by atoms with Gasteiger partial charge >= 0.3 is 0 Å². The van der Waals surface area contributed by atoms with E-state index in [1.54, 1.807) is 13.0 Å². The molecule has 0 saturated heterocycles. The molecule has 0 fully saturated rings. The maximum absolute atomic E-state index is 14.4. The summed E-state index contributed by atoms with van der Waals surface area (Å²) in [5, 5.41) is 46.6. The van der Waals surface area contributed by atoms with Gasteiger partial charge in [-0.3, -0.25) is 14.4 Å². The Morgan fingerprint density at radius 2 is 1.55 bits per heavy atom. The quantitative estimate of drug-likeness (QED) is 0.190. The molecule has 0 amide bonds. The average molecular weight is 661 g/mol. The Kier molecular flexibility index (Phi) is 8.14. The number of aromatic hydroxyl groups is 1. The number of hydrogen-bond donors (Lipinski definition) is 4. The zero-order chi connectivity index (χ0) is 35.8. The molecule has 4 N–H and O–H groups in total. The third-order valence-electron chi connectivity index (χ3n) is 11.3. The molecular weight excluding hydrogens is 616 g/mol. The third-order valence-corrected chi connectivity index (χ3v) is 11.3. The van der Waals surface area contributed by atoms with Crippen molar-refractivity contribution in [3.63, 3.8) is 0 Å². The summed E-state index contributed by atoms with van der Waals surface area (Å²) in [4.78, 5) is 40.9. The van der Waals surface area contributed by atoms with Crippen molar-refractivity contribution in [1.82, 2.24) is 0 Å². The van der Waals surface area contributed by atoms with Crippen molar-refractivity contribution in [3.8, 4) is 16.9 Å². The highest BCUT2D eigenvalue weighted by atomic mass is 16.3. The summed E-state index contributed by atoms with van der Waals surface area (Å²) in [5.41, 5.74) is 0.676. The number of fused-ring (bicyclic) bond motifs is 3. The second-order valence-corrected chi connectivity index (χ2v) is 15.0. The van der Waals surface area contributed by atoms with Crippen molar-refractivity contribution in [3.05, 3.63) is 118 Å². The monoisotopic (exact) mass is 660 g/mol. The van der Waals surface area contributed by atoms with Gasteiger partial charge in [-0.15, -0.1) is 0 Å². The standard InChI is InChI=1S/C42H44O7/c1-8-25-9-13-27(14-10-25)23(4)19-26-11-15-28(16-12-26)29-17-18-31(44)33-30(29)20-40(6)21-41(7)34(22(2)3)36(45)32(24(5)43)38(47)42(41,49)39(48)35(40)37(33)46/h9-18,22,34,44-45,48-49H,4,8,19-21H2,1-3,5-7H3/t34?,40-,41-,42+/m1/s1. The van der Waals surface area contributed by atoms with Gasteiger partial charge < -0.3 is 20.4 Å². The number of aliphatic hydroxyl groups excluding tert-OH is 2. The van der Waals surface area contributed by atoms with Gasteiger partial charge in [0.25, 0.3) is 0 Å². The summed E-state index contributed by atoms with van der Waals surface area (Å²) < 4.78 is 0. The number of phenols is 1. The van der Waals surface area contributed by atoms with Gasteiger partial charge in [0.15, 0.2) is 17.2 Å². The van der Waals surface area contributed by atoms with Crippen LogP contribution in [0.15, 0.2) is 89.9 Å². The Hall–Kier alpha value is -4.75. The molecule has 3 aromatic carbocycles. The molecule has 0 radical (unpaired) electrons. The highest BCUT2D eigenvalue weighted by molar-refractivity contribution is 6.25. The van der Waals surface area contributed by atoms with E-state index in [0.717, 1.165) is 41.2 Å². The smallest absolute Gasteiger partial charge is 0.209 e. The molecule has 0 spiro atoms. The summed E-state index contributed by atoms with van der Waals surface area (Å²) in [6, 6.07) is 19.6. The first kappa shape index (κ1) is 34.1. The number of Topliss-reactive ketones (excluding diaryl/α,β-unsaturated/α-hetero) is 3. The lowest BCUT2D eigenvalue weighted by atomic mass is 9.44. The highest BCUT2D eigenvalue weighted by Gasteiger charge is 2.71. The van der Waals surface area contributed by atoms with Crippen LogP contribution in [0.5, 0.6) is 5.75 Å². The summed E-state index contributed by atoms with van der Waals surface area (Å²) in [6.07, 6.45) is 1.88. The van der Waals surface area contributed by atoms with Crippen molar-refractivity contribution in [1.29, 1.82) is 0 Å². The normalized spacial score (nSPS) is 26.4. The number of rotatable bonds is 7. The summed E-state index contributed by atoms with van der Waals surface area (Å²) in [7, 11) is 0. The second-order valence-electron chi connectivity index (χ2n) is 15.0. The van der Waals surface area contributed by atoms with Crippen LogP contribution in [-0.2, 0) is 28.9 Å². The summed E-state index contributed by atoms with van der Waals surface area (Å²) in [6.45, 7) is 14.6. The second kappa shape index (κ2) is 11.7. The summed E-state index contributed by atoms with van der Waals surface area (Å²) in [5.74, 6) is -5.25. The predicted molar refractivity (Wildman–Crippen MR) is 189 cm³/mol. The Labute approximate surface area is 287 Å². The number of phenolic OH excluding ortho intramolecular Hbond substituents is 1. The molecule has 0 aromatic heterocycles. The van der Waals surface area contributed by atoms with Gasteiger partial charge in [-0.2, -0.15) is 0 Å². The van der Waals surface area contributed by atoms with Crippen LogP contribution in [0.2, 0.25) is 0 Å². The fraction of sp³-hybridized carbons (Fsp3) is 0.357. The molecule has 7 nitrogen and oxygen atoms in total. The van der Waals surface area contributed by atoms with Crippen LogP contribution in [0, 0.1) is 22.7 Å². The van der Waals surface area contributed by atoms with Crippen LogP contribution in [0.25, 0.3) is 16.7 Å². The van der Waals surface area contributed by atoms with Crippen LogP contribution in [0.4, 0.5) is 0 Å². The van der Waals surface area contributed by atoms with E-state index < -0.39 is 56.8 Å². The molecule has 0 saturated carbocycles. The van der Waals surface area contributed by atoms with Crippen LogP contribution < -0.4 is 0 Å². The molecule has 4 atom stereocenters. The SMILES string of the molecule is C=C(Cc1ccc(-c2ccc(O)c3c2C[C@]2(C)C[C@]4(C)C(C(C)C)C(O)=C(C(C)=O)C(=O)[C@]4(O)C(O)=C2C3=O)cc1)c1ccc(CC)cc1. The molecule has 0 aliphatic heterocycles. The number of hydrogen-bond acceptors (Lipinski definition) is 7. The molecule has 0 bridgehead atoms. The Bertz CT molecular complexity index is 2000. The molecule has 3 aliphatic carbocycles. The molecule has 49 heavy (non-hydrogen) atoms. The minimum Gasteiger partial charge on any atom is -0.511 e. The topological polar surface area (TPSA) is 132 Å². The van der Waals surface area contributed by atoms with E-state index in [-0.39, 0.29) is 35.6 Å². The largest absolute Gasteiger partial charge is 0.511 e. The number of aryl methyl sites for hydroxylation is 1. The van der Waals surface area contributed by atoms with Crippen LogP contribution in [0.1, 0.15) is 80.6 Å². The molecular formula is C42H44O7. The predicted octanol–water partition coefficient (Wildman–Crippen LogP) is 7.83. The van der Waals surface area contributed by atoms with E-state index in [0.29, 0.717) is 12.0 Å². The molecule has 6 rings (SSSR count). The lowest BCUT2D eigenvalue weighted by Gasteiger charge is -2.59. The number of carbonyl (C=O) groups is 3. The van der Waals surface area contributed by atoms with Crippen LogP contribution in [-0.4, -0.2) is 43.4 Å². The third kappa shape index (κ3) is 4.92. The Morgan fingerprint density at radius 1 is 0.939 bits per heavy atom. The van der Waals surface area contributed by atoms with Crippen LogP contribution >= 0.6 is 0 Å². The molecule has 7 heteroatoms. The lowest BCUT2D eigenvalue weighted by Crippen LogP contribution is -2.67. The molecule has 1 unspecified atom stereocenters. The number of aliphatic hydroxyl groups is 3. The van der Waals surface area contributed by atoms with Gasteiger partial charge in [-0.05, 0) is 83.5 Å². The van der Waals surface area contributed by atoms with E-state index in [2.05, 4.69) is 37.8 Å². The first-order chi connectivity index (χ1) is 23.0. The van der Waals surface area contributed by atoms with Gasteiger partial charge in [0, 0.05) is 22.3 Å². The maximum atomic E-state index is 14.4. The fourth-order valence-corrected chi connectivity index (χ4v) is 9.13. The van der Waals surface area contributed by atoms with E-state index in [9.17, 15) is 34.8 Å². The number of ketones is 3. The number of carbonyl (C=O) groups excluding carboxylic acids is 3. The highest BCUT2D eigenvalue weighted by Crippen LogP contribution is 2.65. The average Bonchev–Trinajstić information content (AvgIpc) is 3.03. The minimum atomic E-state index is -2.64. The van der Waals surface area contributed by atoms with Crippen molar-refractivity contribution in [2.45, 2.75) is 72.8 Å². The summed E-state index contributed by atoms with van der Waals surface area (Å²) >= 11 is 0. The molecule has 3 aliphatic rings. The first-order valence-electron chi connectivity index (χ1n) is 16.9. The van der Waals surface area contributed by atoms with Crippen molar-refractivity contribution in [2.75, 3.05) is 0 Å². The van der Waals surface area contributed by atoms with Crippen molar-refractivity contribution >= 4 is 22.9 Å². The van der Waals surface area contributed by atoms with Gasteiger partial charge in [0.05, 0.1) is 5.56 Å². The minimum absolute atomic E-state index is 0.00515. The van der Waals surface area contributed by atoms with Gasteiger partial charge in [-0.25, -0.2) is 0 Å². The Balaban J connectivity index is 1.43.